The van der Waals surface area contributed by atoms with E-state index in [4.69, 9.17) is 9.72 Å². The molecule has 0 unspecified atom stereocenters. The lowest BCUT2D eigenvalue weighted by Gasteiger charge is -2.47. The summed E-state index contributed by atoms with van der Waals surface area (Å²) in [5.74, 6) is 0.557. The Bertz CT molecular complexity index is 953. The number of aliphatic hydroxyl groups excluding tert-OH is 1. The van der Waals surface area contributed by atoms with E-state index >= 15 is 0 Å². The number of aliphatic hydroxyl groups is 1. The summed E-state index contributed by atoms with van der Waals surface area (Å²) in [6.07, 6.45) is 6.74. The van der Waals surface area contributed by atoms with Crippen LogP contribution in [0, 0.1) is 5.41 Å². The van der Waals surface area contributed by atoms with Crippen LogP contribution >= 0.6 is 11.3 Å². The minimum absolute atomic E-state index is 0.0494. The molecule has 3 atom stereocenters. The zero-order chi connectivity index (χ0) is 23.6. The molecule has 2 aromatic rings. The predicted molar refractivity (Wildman–Crippen MR) is 129 cm³/mol. The average Bonchev–Trinajstić information content (AvgIpc) is 3.21. The SMILES string of the molecule is CC(=O)N[C@@H](Cc1cscn1)[C@@H](O)CN[C@H]1CC2(CCC2)Oc2ncc(CC(C)(C)C)cc21. The molecule has 1 saturated carbocycles. The van der Waals surface area contributed by atoms with Crippen molar-refractivity contribution in [1.82, 2.24) is 20.6 Å². The molecule has 33 heavy (non-hydrogen) atoms. The normalized spacial score (nSPS) is 20.9. The molecule has 0 bridgehead atoms. The molecule has 1 aliphatic carbocycles. The average molecular weight is 473 g/mol. The van der Waals surface area contributed by atoms with E-state index in [0.29, 0.717) is 18.8 Å². The van der Waals surface area contributed by atoms with Crippen molar-refractivity contribution in [2.75, 3.05) is 6.54 Å². The first-order valence-corrected chi connectivity index (χ1v) is 12.8. The number of carbonyl (C=O) groups is 1. The van der Waals surface area contributed by atoms with E-state index in [1.807, 2.05) is 11.6 Å². The van der Waals surface area contributed by atoms with Gasteiger partial charge in [-0.05, 0) is 42.7 Å². The van der Waals surface area contributed by atoms with Crippen LogP contribution in [-0.2, 0) is 17.6 Å². The monoisotopic (exact) mass is 472 g/mol. The molecule has 0 radical (unpaired) electrons. The van der Waals surface area contributed by atoms with E-state index in [1.165, 1.54) is 30.2 Å². The fourth-order valence-electron chi connectivity index (χ4n) is 4.86. The van der Waals surface area contributed by atoms with Gasteiger partial charge >= 0.3 is 0 Å². The van der Waals surface area contributed by atoms with Gasteiger partial charge in [0.2, 0.25) is 11.8 Å². The summed E-state index contributed by atoms with van der Waals surface area (Å²) in [6.45, 7) is 8.51. The number of aromatic nitrogens is 2. The third-order valence-corrected chi connectivity index (χ3v) is 7.17. The van der Waals surface area contributed by atoms with E-state index in [-0.39, 0.29) is 23.0 Å². The predicted octanol–water partition coefficient (Wildman–Crippen LogP) is 3.57. The lowest BCUT2D eigenvalue weighted by Crippen LogP contribution is -2.52. The maximum absolute atomic E-state index is 11.8. The highest BCUT2D eigenvalue weighted by Crippen LogP contribution is 2.48. The summed E-state index contributed by atoms with van der Waals surface area (Å²) < 4.78 is 6.37. The van der Waals surface area contributed by atoms with Crippen LogP contribution < -0.4 is 15.4 Å². The van der Waals surface area contributed by atoms with Crippen LogP contribution in [0.3, 0.4) is 0 Å². The lowest BCUT2D eigenvalue weighted by atomic mass is 9.73. The van der Waals surface area contributed by atoms with Crippen molar-refractivity contribution >= 4 is 17.2 Å². The van der Waals surface area contributed by atoms with Gasteiger partial charge in [-0.3, -0.25) is 4.79 Å². The molecule has 2 aromatic heterocycles. The van der Waals surface area contributed by atoms with Crippen molar-refractivity contribution in [3.63, 3.8) is 0 Å². The molecule has 3 heterocycles. The summed E-state index contributed by atoms with van der Waals surface area (Å²) in [4.78, 5) is 20.8. The van der Waals surface area contributed by atoms with Gasteiger partial charge in [-0.25, -0.2) is 9.97 Å². The van der Waals surface area contributed by atoms with Crippen molar-refractivity contribution in [2.45, 2.75) is 90.0 Å². The summed E-state index contributed by atoms with van der Waals surface area (Å²) in [5.41, 5.74) is 4.92. The van der Waals surface area contributed by atoms with Gasteiger partial charge in [-0.15, -0.1) is 11.3 Å². The second kappa shape index (κ2) is 9.68. The number of nitrogens with one attached hydrogen (secondary N) is 2. The highest BCUT2D eigenvalue weighted by Gasteiger charge is 2.46. The molecule has 3 N–H and O–H groups in total. The van der Waals surface area contributed by atoms with Crippen molar-refractivity contribution < 1.29 is 14.6 Å². The van der Waals surface area contributed by atoms with Crippen molar-refractivity contribution in [2.24, 2.45) is 5.41 Å². The first-order valence-electron chi connectivity index (χ1n) is 11.9. The van der Waals surface area contributed by atoms with Gasteiger partial charge in [0, 0.05) is 49.5 Å². The van der Waals surface area contributed by atoms with Crippen LogP contribution in [0.4, 0.5) is 0 Å². The van der Waals surface area contributed by atoms with Gasteiger partial charge in [0.15, 0.2) is 0 Å². The maximum atomic E-state index is 11.8. The second-order valence-corrected chi connectivity index (χ2v) is 11.6. The lowest BCUT2D eigenvalue weighted by molar-refractivity contribution is -0.120. The maximum Gasteiger partial charge on any atom is 0.218 e. The first-order chi connectivity index (χ1) is 15.6. The zero-order valence-electron chi connectivity index (χ0n) is 20.1. The number of pyridine rings is 1. The largest absolute Gasteiger partial charge is 0.471 e. The number of thiazole rings is 1. The van der Waals surface area contributed by atoms with Crippen LogP contribution in [0.1, 0.15) is 76.2 Å². The molecule has 2 aliphatic rings. The number of fused-ring (bicyclic) bond motifs is 1. The van der Waals surface area contributed by atoms with Gasteiger partial charge < -0.3 is 20.5 Å². The number of ether oxygens (including phenoxy) is 1. The van der Waals surface area contributed by atoms with Gasteiger partial charge in [0.05, 0.1) is 23.4 Å². The summed E-state index contributed by atoms with van der Waals surface area (Å²) in [6, 6.07) is 1.86. The van der Waals surface area contributed by atoms with E-state index in [9.17, 15) is 9.90 Å². The number of carbonyl (C=O) groups excluding carboxylic acids is 1. The highest BCUT2D eigenvalue weighted by molar-refractivity contribution is 7.07. The smallest absolute Gasteiger partial charge is 0.218 e. The van der Waals surface area contributed by atoms with Crippen LogP contribution in [-0.4, -0.2) is 45.3 Å². The fourth-order valence-corrected chi connectivity index (χ4v) is 5.43. The van der Waals surface area contributed by atoms with Gasteiger partial charge in [0.1, 0.15) is 5.60 Å². The molecule has 1 spiro atoms. The Hall–Kier alpha value is -2.03. The van der Waals surface area contributed by atoms with Crippen LogP contribution in [0.25, 0.3) is 0 Å². The second-order valence-electron chi connectivity index (χ2n) is 10.8. The third-order valence-electron chi connectivity index (χ3n) is 6.54. The van der Waals surface area contributed by atoms with Gasteiger partial charge in [-0.2, -0.15) is 0 Å². The van der Waals surface area contributed by atoms with E-state index in [0.717, 1.165) is 36.9 Å². The number of nitrogens with zero attached hydrogens (tertiary/aromatic N) is 2. The Kier molecular flexibility index (Phi) is 7.07. The van der Waals surface area contributed by atoms with Crippen LogP contribution in [0.2, 0.25) is 0 Å². The van der Waals surface area contributed by atoms with Crippen LogP contribution in [0.15, 0.2) is 23.2 Å². The summed E-state index contributed by atoms with van der Waals surface area (Å²) in [5, 5.41) is 19.4. The highest BCUT2D eigenvalue weighted by atomic mass is 32.1. The van der Waals surface area contributed by atoms with Gasteiger partial charge in [0.25, 0.3) is 0 Å². The van der Waals surface area contributed by atoms with Crippen molar-refractivity contribution in [1.29, 1.82) is 0 Å². The minimum atomic E-state index is -0.745. The Balaban J connectivity index is 1.49. The molecule has 0 saturated heterocycles. The molecule has 0 aromatic carbocycles. The molecule has 1 aliphatic heterocycles. The number of rotatable bonds is 8. The third kappa shape index (κ3) is 6.11. The number of amides is 1. The molecule has 8 heteroatoms. The first kappa shape index (κ1) is 24.1. The topological polar surface area (TPSA) is 96.4 Å². The molecule has 4 rings (SSSR count). The summed E-state index contributed by atoms with van der Waals surface area (Å²) >= 11 is 1.51. The zero-order valence-corrected chi connectivity index (χ0v) is 20.9. The van der Waals surface area contributed by atoms with E-state index in [2.05, 4.69) is 42.5 Å². The minimum Gasteiger partial charge on any atom is -0.471 e. The molecular formula is C25H36N4O3S. The molecule has 1 amide bonds. The van der Waals surface area contributed by atoms with Crippen molar-refractivity contribution in [3.05, 3.63) is 40.0 Å². The van der Waals surface area contributed by atoms with Gasteiger partial charge in [-0.1, -0.05) is 20.8 Å². The number of hydrogen-bond acceptors (Lipinski definition) is 7. The standard InChI is InChI=1S/C25H36N4O3S/c1-16(30)29-20(9-18-14-33-15-28-18)22(31)13-26-21-11-25(6-5-7-25)32-23-19(21)8-17(12-27-23)10-24(2,3)4/h8,12,14-15,20-22,26,31H,5-7,9-11,13H2,1-4H3,(H,29,30)/t20-,21-,22-/m0/s1. The van der Waals surface area contributed by atoms with E-state index < -0.39 is 12.1 Å². The Labute approximate surface area is 200 Å². The quantitative estimate of drug-likeness (QED) is 0.544. The molecule has 1 fully saturated rings. The van der Waals surface area contributed by atoms with E-state index in [1.54, 1.807) is 5.51 Å². The Morgan fingerprint density at radius 3 is 2.76 bits per heavy atom. The summed E-state index contributed by atoms with van der Waals surface area (Å²) in [7, 11) is 0. The molecule has 7 nitrogen and oxygen atoms in total. The Morgan fingerprint density at radius 1 is 1.36 bits per heavy atom. The Morgan fingerprint density at radius 2 is 2.15 bits per heavy atom. The molecule has 180 valence electrons. The van der Waals surface area contributed by atoms with Crippen molar-refractivity contribution in [3.8, 4) is 5.88 Å². The fraction of sp³-hybridized carbons (Fsp3) is 0.640. The number of hydrogen-bond donors (Lipinski definition) is 3. The molecular weight excluding hydrogens is 436 g/mol. The van der Waals surface area contributed by atoms with Crippen LogP contribution in [0.5, 0.6) is 5.88 Å².